The molecule has 0 saturated heterocycles. The van der Waals surface area contributed by atoms with Gasteiger partial charge in [-0.1, -0.05) is 30.3 Å². The number of aromatic nitrogens is 3. The lowest BCUT2D eigenvalue weighted by Gasteiger charge is -2.05. The van der Waals surface area contributed by atoms with E-state index in [0.29, 0.717) is 6.42 Å². The number of fused-ring (bicyclic) bond motifs is 1. The first-order chi connectivity index (χ1) is 14.0. The zero-order chi connectivity index (χ0) is 20.4. The topological polar surface area (TPSA) is 68.0 Å². The molecule has 0 saturated carbocycles. The zero-order valence-electron chi connectivity index (χ0n) is 16.3. The van der Waals surface area contributed by atoms with Crippen molar-refractivity contribution in [3.05, 3.63) is 76.6 Å². The van der Waals surface area contributed by atoms with Gasteiger partial charge in [-0.15, -0.1) is 11.3 Å². The molecule has 0 radical (unpaired) electrons. The van der Waals surface area contributed by atoms with Gasteiger partial charge in [0.25, 0.3) is 0 Å². The van der Waals surface area contributed by atoms with Crippen molar-refractivity contribution in [2.45, 2.75) is 26.7 Å². The Morgan fingerprint density at radius 1 is 1.07 bits per heavy atom. The van der Waals surface area contributed by atoms with E-state index in [1.165, 1.54) is 0 Å². The van der Waals surface area contributed by atoms with Gasteiger partial charge in [0, 0.05) is 17.7 Å². The summed E-state index contributed by atoms with van der Waals surface area (Å²) in [6.07, 6.45) is 2.54. The van der Waals surface area contributed by atoms with Crippen LogP contribution in [0.25, 0.3) is 27.6 Å². The van der Waals surface area contributed by atoms with Crippen LogP contribution in [0.15, 0.2) is 54.6 Å². The van der Waals surface area contributed by atoms with Gasteiger partial charge in [-0.05, 0) is 56.2 Å². The molecule has 2 heterocycles. The first-order valence-electron chi connectivity index (χ1n) is 9.43. The van der Waals surface area contributed by atoms with Gasteiger partial charge in [-0.3, -0.25) is 4.79 Å². The van der Waals surface area contributed by atoms with Crippen molar-refractivity contribution >= 4 is 39.2 Å². The van der Waals surface area contributed by atoms with Crippen LogP contribution in [-0.4, -0.2) is 25.8 Å². The minimum Gasteiger partial charge on any atom is -0.481 e. The predicted molar refractivity (Wildman–Crippen MR) is 117 cm³/mol. The lowest BCUT2D eigenvalue weighted by molar-refractivity contribution is -0.136. The molecule has 1 N–H and O–H groups in total. The molecule has 0 amide bonds. The Morgan fingerprint density at radius 3 is 2.52 bits per heavy atom. The summed E-state index contributed by atoms with van der Waals surface area (Å²) in [5.41, 5.74) is 5.78. The molecule has 0 aliphatic carbocycles. The number of thiazole rings is 1. The molecule has 0 aliphatic rings. The van der Waals surface area contributed by atoms with Crippen molar-refractivity contribution in [1.29, 1.82) is 0 Å². The van der Waals surface area contributed by atoms with Crippen LogP contribution in [0.4, 0.5) is 0 Å². The van der Waals surface area contributed by atoms with Crippen LogP contribution in [-0.2, 0) is 4.79 Å². The summed E-state index contributed by atoms with van der Waals surface area (Å²) < 4.78 is 3.02. The smallest absolute Gasteiger partial charge is 0.303 e. The van der Waals surface area contributed by atoms with Crippen molar-refractivity contribution in [2.24, 2.45) is 0 Å². The second-order valence-corrected chi connectivity index (χ2v) is 7.91. The van der Waals surface area contributed by atoms with Crippen molar-refractivity contribution in [3.63, 3.8) is 0 Å². The van der Waals surface area contributed by atoms with Crippen LogP contribution in [0, 0.1) is 13.8 Å². The zero-order valence-corrected chi connectivity index (χ0v) is 17.1. The van der Waals surface area contributed by atoms with E-state index in [4.69, 9.17) is 10.1 Å². The summed E-state index contributed by atoms with van der Waals surface area (Å²) in [4.78, 5) is 16.0. The Bertz CT molecular complexity index is 1170. The van der Waals surface area contributed by atoms with E-state index in [2.05, 4.69) is 6.08 Å². The minimum absolute atomic E-state index is 0.0622. The molecule has 2 aromatic carbocycles. The number of carbonyl (C=O) groups is 1. The molecule has 0 spiro atoms. The van der Waals surface area contributed by atoms with Crippen molar-refractivity contribution in [1.82, 2.24) is 14.8 Å². The first kappa shape index (κ1) is 19.1. The van der Waals surface area contributed by atoms with Crippen molar-refractivity contribution < 1.29 is 9.90 Å². The average Bonchev–Trinajstić information content (AvgIpc) is 3.27. The fraction of sp³-hybridized carbons (Fsp3) is 0.174. The third-order valence-corrected chi connectivity index (χ3v) is 5.96. The lowest BCUT2D eigenvalue weighted by Crippen LogP contribution is -1.98. The van der Waals surface area contributed by atoms with Gasteiger partial charge >= 0.3 is 5.97 Å². The lowest BCUT2D eigenvalue weighted by atomic mass is 10.1. The molecular formula is C23H21N3O2S. The standard InChI is InChI=1S/C23H21N3O2S/c1-15-19(16(2)26(25-15)18-8-4-3-5-9-18)14-17(12-13-22(27)28)23-24-20-10-6-7-11-21(20)29-23/h3-11,14H,12-13H2,1-2H3,(H,27,28)/b17-14+. The number of hydrogen-bond donors (Lipinski definition) is 1. The van der Waals surface area contributed by atoms with E-state index in [9.17, 15) is 9.90 Å². The summed E-state index contributed by atoms with van der Waals surface area (Å²) in [7, 11) is 0. The summed E-state index contributed by atoms with van der Waals surface area (Å²) in [6.45, 7) is 4.01. The van der Waals surface area contributed by atoms with Gasteiger partial charge in [0.2, 0.25) is 0 Å². The highest BCUT2D eigenvalue weighted by atomic mass is 32.1. The number of aryl methyl sites for hydroxylation is 1. The van der Waals surface area contributed by atoms with Crippen LogP contribution in [0.5, 0.6) is 0 Å². The summed E-state index contributed by atoms with van der Waals surface area (Å²) >= 11 is 1.59. The number of benzene rings is 2. The highest BCUT2D eigenvalue weighted by Crippen LogP contribution is 2.32. The minimum atomic E-state index is -0.814. The average molecular weight is 404 g/mol. The molecular weight excluding hydrogens is 382 g/mol. The van der Waals surface area contributed by atoms with Gasteiger partial charge < -0.3 is 5.11 Å². The van der Waals surface area contributed by atoms with Crippen LogP contribution in [0.1, 0.15) is 34.8 Å². The maximum absolute atomic E-state index is 11.2. The highest BCUT2D eigenvalue weighted by Gasteiger charge is 2.15. The number of carboxylic acid groups (broad SMARTS) is 1. The van der Waals surface area contributed by atoms with E-state index in [1.54, 1.807) is 11.3 Å². The SMILES string of the molecule is Cc1nn(-c2ccccc2)c(C)c1/C=C(\CCC(=O)O)c1nc2ccccc2s1. The summed E-state index contributed by atoms with van der Waals surface area (Å²) in [6, 6.07) is 18.0. The Kier molecular flexibility index (Phi) is 5.27. The Labute approximate surface area is 173 Å². The van der Waals surface area contributed by atoms with E-state index < -0.39 is 5.97 Å². The van der Waals surface area contributed by atoms with Gasteiger partial charge in [-0.25, -0.2) is 9.67 Å². The quantitative estimate of drug-likeness (QED) is 0.461. The maximum atomic E-state index is 11.2. The molecule has 5 nitrogen and oxygen atoms in total. The van der Waals surface area contributed by atoms with Gasteiger partial charge in [0.05, 0.1) is 21.6 Å². The number of para-hydroxylation sites is 2. The second kappa shape index (κ2) is 8.01. The second-order valence-electron chi connectivity index (χ2n) is 6.88. The molecule has 0 atom stereocenters. The van der Waals surface area contributed by atoms with Crippen LogP contribution < -0.4 is 0 Å². The molecule has 146 valence electrons. The molecule has 0 fully saturated rings. The molecule has 29 heavy (non-hydrogen) atoms. The number of hydrogen-bond acceptors (Lipinski definition) is 4. The third kappa shape index (κ3) is 3.98. The van der Waals surface area contributed by atoms with E-state index in [1.807, 2.05) is 73.1 Å². The van der Waals surface area contributed by atoms with Gasteiger partial charge in [-0.2, -0.15) is 5.10 Å². The number of nitrogens with zero attached hydrogens (tertiary/aromatic N) is 3. The fourth-order valence-corrected chi connectivity index (χ4v) is 4.36. The fourth-order valence-electron chi connectivity index (χ4n) is 3.35. The van der Waals surface area contributed by atoms with E-state index >= 15 is 0 Å². The number of carboxylic acids is 1. The number of aliphatic carboxylic acids is 1. The van der Waals surface area contributed by atoms with Crippen molar-refractivity contribution in [2.75, 3.05) is 0 Å². The Balaban J connectivity index is 1.80. The van der Waals surface area contributed by atoms with Gasteiger partial charge in [0.1, 0.15) is 5.01 Å². The monoisotopic (exact) mass is 403 g/mol. The largest absolute Gasteiger partial charge is 0.481 e. The highest BCUT2D eigenvalue weighted by molar-refractivity contribution is 7.19. The molecule has 0 bridgehead atoms. The first-order valence-corrected chi connectivity index (χ1v) is 10.2. The molecule has 6 heteroatoms. The summed E-state index contributed by atoms with van der Waals surface area (Å²) in [5, 5.41) is 14.8. The molecule has 0 aliphatic heterocycles. The Morgan fingerprint density at radius 2 is 1.79 bits per heavy atom. The van der Waals surface area contributed by atoms with Crippen LogP contribution >= 0.6 is 11.3 Å². The van der Waals surface area contributed by atoms with Gasteiger partial charge in [0.15, 0.2) is 0 Å². The van der Waals surface area contributed by atoms with E-state index in [0.717, 1.165) is 43.4 Å². The summed E-state index contributed by atoms with van der Waals surface area (Å²) in [5.74, 6) is -0.814. The number of rotatable bonds is 6. The third-order valence-electron chi connectivity index (χ3n) is 4.84. The van der Waals surface area contributed by atoms with E-state index in [-0.39, 0.29) is 6.42 Å². The Hall–Kier alpha value is -3.25. The van der Waals surface area contributed by atoms with Crippen LogP contribution in [0.3, 0.4) is 0 Å². The molecule has 0 unspecified atom stereocenters. The molecule has 4 rings (SSSR count). The molecule has 4 aromatic rings. The normalized spacial score (nSPS) is 11.9. The van der Waals surface area contributed by atoms with Crippen LogP contribution in [0.2, 0.25) is 0 Å². The molecule has 2 aromatic heterocycles. The number of allylic oxidation sites excluding steroid dienone is 1. The predicted octanol–water partition coefficient (Wildman–Crippen LogP) is 5.50. The maximum Gasteiger partial charge on any atom is 0.303 e. The van der Waals surface area contributed by atoms with Crippen molar-refractivity contribution in [3.8, 4) is 5.69 Å².